The lowest BCUT2D eigenvalue weighted by Gasteiger charge is -2.11. The van der Waals surface area contributed by atoms with Crippen LogP contribution < -0.4 is 10.6 Å². The predicted molar refractivity (Wildman–Crippen MR) is 118 cm³/mol. The number of benzene rings is 1. The van der Waals surface area contributed by atoms with Gasteiger partial charge in [-0.15, -0.1) is 35.3 Å². The van der Waals surface area contributed by atoms with Crippen LogP contribution >= 0.6 is 35.3 Å². The molecule has 4 nitrogen and oxygen atoms in total. The molecule has 0 unspecified atom stereocenters. The molecular formula is C19H28IN3OS. The SMILES string of the molecule is CCNC(=NCc1cccc(COC)c1)NCc1ccc(CC)s1.I. The van der Waals surface area contributed by atoms with E-state index < -0.39 is 0 Å². The molecule has 0 saturated carbocycles. The molecule has 0 spiro atoms. The molecule has 0 fully saturated rings. The van der Waals surface area contributed by atoms with Gasteiger partial charge >= 0.3 is 0 Å². The molecule has 25 heavy (non-hydrogen) atoms. The zero-order valence-corrected chi connectivity index (χ0v) is 18.3. The monoisotopic (exact) mass is 473 g/mol. The van der Waals surface area contributed by atoms with Crippen LogP contribution in [0, 0.1) is 0 Å². The van der Waals surface area contributed by atoms with Crippen LogP contribution in [0.25, 0.3) is 0 Å². The molecule has 2 N–H and O–H groups in total. The Morgan fingerprint density at radius 1 is 1.08 bits per heavy atom. The second-order valence-electron chi connectivity index (χ2n) is 5.52. The number of nitrogens with one attached hydrogen (secondary N) is 2. The van der Waals surface area contributed by atoms with E-state index in [0.29, 0.717) is 13.2 Å². The van der Waals surface area contributed by atoms with Gasteiger partial charge in [0, 0.05) is 23.4 Å². The summed E-state index contributed by atoms with van der Waals surface area (Å²) in [5, 5.41) is 6.71. The standard InChI is InChI=1S/C19H27N3OS.HI/c1-4-17-9-10-18(24-17)13-22-19(20-5-2)21-12-15-7-6-8-16(11-15)14-23-3;/h6-11H,4-5,12-14H2,1-3H3,(H2,20,21,22);1H. The Hall–Kier alpha value is -1.12. The first-order chi connectivity index (χ1) is 11.7. The van der Waals surface area contributed by atoms with E-state index >= 15 is 0 Å². The van der Waals surface area contributed by atoms with Crippen LogP contribution in [0.2, 0.25) is 0 Å². The third-order valence-electron chi connectivity index (χ3n) is 3.56. The molecule has 1 heterocycles. The average molecular weight is 473 g/mol. The van der Waals surface area contributed by atoms with Crippen molar-refractivity contribution >= 4 is 41.3 Å². The summed E-state index contributed by atoms with van der Waals surface area (Å²) >= 11 is 1.86. The highest BCUT2D eigenvalue weighted by molar-refractivity contribution is 14.0. The number of methoxy groups -OCH3 is 1. The van der Waals surface area contributed by atoms with Crippen LogP contribution in [-0.4, -0.2) is 19.6 Å². The van der Waals surface area contributed by atoms with Crippen molar-refractivity contribution in [3.8, 4) is 0 Å². The number of aliphatic imine (C=N–C) groups is 1. The largest absolute Gasteiger partial charge is 0.380 e. The average Bonchev–Trinajstić information content (AvgIpc) is 3.06. The number of halogens is 1. The first-order valence-electron chi connectivity index (χ1n) is 8.41. The summed E-state index contributed by atoms with van der Waals surface area (Å²) in [5.74, 6) is 0.848. The van der Waals surface area contributed by atoms with Crippen molar-refractivity contribution in [2.45, 2.75) is 40.0 Å². The minimum atomic E-state index is 0. The van der Waals surface area contributed by atoms with Gasteiger partial charge in [0.1, 0.15) is 0 Å². The molecule has 0 aliphatic carbocycles. The van der Waals surface area contributed by atoms with Gasteiger partial charge in [0.15, 0.2) is 5.96 Å². The maximum atomic E-state index is 5.19. The molecule has 0 amide bonds. The number of nitrogens with zero attached hydrogens (tertiary/aromatic N) is 1. The quantitative estimate of drug-likeness (QED) is 0.341. The first kappa shape index (κ1) is 21.9. The maximum Gasteiger partial charge on any atom is 0.191 e. The highest BCUT2D eigenvalue weighted by Crippen LogP contribution is 2.16. The van der Waals surface area contributed by atoms with Crippen molar-refractivity contribution < 1.29 is 4.74 Å². The van der Waals surface area contributed by atoms with Gasteiger partial charge in [0.05, 0.1) is 19.7 Å². The van der Waals surface area contributed by atoms with Gasteiger partial charge in [0.2, 0.25) is 0 Å². The normalized spacial score (nSPS) is 11.1. The van der Waals surface area contributed by atoms with Crippen LogP contribution in [0.4, 0.5) is 0 Å². The highest BCUT2D eigenvalue weighted by Gasteiger charge is 2.02. The molecule has 0 atom stereocenters. The van der Waals surface area contributed by atoms with Crippen molar-refractivity contribution in [3.05, 3.63) is 57.3 Å². The number of guanidine groups is 1. The van der Waals surface area contributed by atoms with Crippen molar-refractivity contribution in [1.29, 1.82) is 0 Å². The summed E-state index contributed by atoms with van der Waals surface area (Å²) in [7, 11) is 1.71. The smallest absolute Gasteiger partial charge is 0.191 e. The second kappa shape index (κ2) is 12.3. The molecule has 0 aliphatic heterocycles. The molecule has 138 valence electrons. The Morgan fingerprint density at radius 2 is 1.84 bits per heavy atom. The third kappa shape index (κ3) is 7.75. The van der Waals surface area contributed by atoms with Gasteiger partial charge < -0.3 is 15.4 Å². The number of rotatable bonds is 8. The van der Waals surface area contributed by atoms with Crippen molar-refractivity contribution in [3.63, 3.8) is 0 Å². The first-order valence-corrected chi connectivity index (χ1v) is 9.23. The van der Waals surface area contributed by atoms with E-state index in [9.17, 15) is 0 Å². The van der Waals surface area contributed by atoms with Crippen LogP contribution in [-0.2, 0) is 30.9 Å². The van der Waals surface area contributed by atoms with E-state index in [1.54, 1.807) is 7.11 Å². The molecule has 2 rings (SSSR count). The zero-order valence-electron chi connectivity index (χ0n) is 15.2. The zero-order chi connectivity index (χ0) is 17.2. The van der Waals surface area contributed by atoms with E-state index in [-0.39, 0.29) is 24.0 Å². The fraction of sp³-hybridized carbons (Fsp3) is 0.421. The second-order valence-corrected chi connectivity index (χ2v) is 6.78. The molecule has 1 aromatic carbocycles. The number of hydrogen-bond donors (Lipinski definition) is 2. The molecule has 2 aromatic rings. The Bertz CT molecular complexity index is 658. The lowest BCUT2D eigenvalue weighted by Crippen LogP contribution is -2.36. The van der Waals surface area contributed by atoms with Crippen LogP contribution in [0.1, 0.15) is 34.7 Å². The van der Waals surface area contributed by atoms with Crippen LogP contribution in [0.5, 0.6) is 0 Å². The summed E-state index contributed by atoms with van der Waals surface area (Å²) in [4.78, 5) is 7.44. The number of ether oxygens (including phenoxy) is 1. The summed E-state index contributed by atoms with van der Waals surface area (Å²) in [5.41, 5.74) is 2.36. The molecule has 6 heteroatoms. The van der Waals surface area contributed by atoms with Gasteiger partial charge in [-0.3, -0.25) is 0 Å². The Morgan fingerprint density at radius 3 is 2.52 bits per heavy atom. The van der Waals surface area contributed by atoms with E-state index in [1.807, 2.05) is 11.3 Å². The lowest BCUT2D eigenvalue weighted by atomic mass is 10.1. The lowest BCUT2D eigenvalue weighted by molar-refractivity contribution is 0.185. The van der Waals surface area contributed by atoms with Crippen LogP contribution in [0.15, 0.2) is 41.4 Å². The molecule has 0 saturated heterocycles. The van der Waals surface area contributed by atoms with Gasteiger partial charge in [-0.05, 0) is 36.6 Å². The van der Waals surface area contributed by atoms with Crippen LogP contribution in [0.3, 0.4) is 0 Å². The van der Waals surface area contributed by atoms with E-state index in [1.165, 1.54) is 20.9 Å². The number of thiophene rings is 1. The molecule has 0 aliphatic rings. The Balaban J connectivity index is 0.00000312. The fourth-order valence-corrected chi connectivity index (χ4v) is 3.27. The topological polar surface area (TPSA) is 45.7 Å². The predicted octanol–water partition coefficient (Wildman–Crippen LogP) is 4.33. The third-order valence-corrected chi connectivity index (χ3v) is 4.79. The fourth-order valence-electron chi connectivity index (χ4n) is 2.37. The van der Waals surface area contributed by atoms with Crippen molar-refractivity contribution in [2.24, 2.45) is 4.99 Å². The summed E-state index contributed by atoms with van der Waals surface area (Å²) < 4.78 is 5.19. The summed E-state index contributed by atoms with van der Waals surface area (Å²) in [6, 6.07) is 12.8. The maximum absolute atomic E-state index is 5.19. The summed E-state index contributed by atoms with van der Waals surface area (Å²) in [6.07, 6.45) is 1.09. The van der Waals surface area contributed by atoms with E-state index in [4.69, 9.17) is 4.74 Å². The Labute approximate surface area is 172 Å². The highest BCUT2D eigenvalue weighted by atomic mass is 127. The Kier molecular flexibility index (Phi) is 10.8. The molecule has 0 radical (unpaired) electrons. The minimum absolute atomic E-state index is 0. The van der Waals surface area contributed by atoms with Gasteiger partial charge in [-0.25, -0.2) is 4.99 Å². The van der Waals surface area contributed by atoms with Crippen molar-refractivity contribution in [2.75, 3.05) is 13.7 Å². The van der Waals surface area contributed by atoms with E-state index in [2.05, 4.69) is 65.9 Å². The molecule has 0 bridgehead atoms. The van der Waals surface area contributed by atoms with Crippen molar-refractivity contribution in [1.82, 2.24) is 10.6 Å². The number of aryl methyl sites for hydroxylation is 1. The van der Waals surface area contributed by atoms with Gasteiger partial charge in [-0.2, -0.15) is 0 Å². The molecular weight excluding hydrogens is 445 g/mol. The van der Waals surface area contributed by atoms with Gasteiger partial charge in [-0.1, -0.05) is 31.2 Å². The van der Waals surface area contributed by atoms with E-state index in [0.717, 1.165) is 25.5 Å². The minimum Gasteiger partial charge on any atom is -0.380 e. The van der Waals surface area contributed by atoms with Gasteiger partial charge in [0.25, 0.3) is 0 Å². The molecule has 1 aromatic heterocycles. The number of hydrogen-bond acceptors (Lipinski definition) is 3. The summed E-state index contributed by atoms with van der Waals surface area (Å²) in [6.45, 7) is 7.20.